The number of anilines is 2. The van der Waals surface area contributed by atoms with E-state index in [4.69, 9.17) is 9.72 Å². The summed E-state index contributed by atoms with van der Waals surface area (Å²) in [4.78, 5) is 11.7. The molecule has 1 aliphatic rings. The molecule has 28 heavy (non-hydrogen) atoms. The SMILES string of the molecule is COc1ccc(CCN2CCC(c3cccc(Nc4nccs4)n3)CC2)cc1. The number of hydrogen-bond donors (Lipinski definition) is 1. The summed E-state index contributed by atoms with van der Waals surface area (Å²) in [5, 5.41) is 6.15. The summed E-state index contributed by atoms with van der Waals surface area (Å²) in [5.74, 6) is 2.34. The molecule has 1 aromatic carbocycles. The van der Waals surface area contributed by atoms with Crippen LogP contribution in [0.15, 0.2) is 54.0 Å². The lowest BCUT2D eigenvalue weighted by Crippen LogP contribution is -2.34. The molecule has 3 heterocycles. The minimum Gasteiger partial charge on any atom is -0.497 e. The van der Waals surface area contributed by atoms with Gasteiger partial charge in [-0.25, -0.2) is 9.97 Å². The second kappa shape index (κ2) is 9.17. The fourth-order valence-electron chi connectivity index (χ4n) is 3.67. The fraction of sp³-hybridized carbons (Fsp3) is 0.364. The number of likely N-dealkylation sites (tertiary alicyclic amines) is 1. The van der Waals surface area contributed by atoms with E-state index < -0.39 is 0 Å². The molecule has 2 aromatic heterocycles. The van der Waals surface area contributed by atoms with Crippen LogP contribution in [0.4, 0.5) is 10.9 Å². The zero-order valence-corrected chi connectivity index (χ0v) is 17.0. The molecule has 0 amide bonds. The van der Waals surface area contributed by atoms with Gasteiger partial charge in [-0.1, -0.05) is 18.2 Å². The van der Waals surface area contributed by atoms with Crippen molar-refractivity contribution in [2.75, 3.05) is 32.1 Å². The van der Waals surface area contributed by atoms with Gasteiger partial charge in [0, 0.05) is 29.7 Å². The van der Waals surface area contributed by atoms with Gasteiger partial charge < -0.3 is 15.0 Å². The Balaban J connectivity index is 1.27. The van der Waals surface area contributed by atoms with Crippen molar-refractivity contribution in [3.05, 3.63) is 65.3 Å². The van der Waals surface area contributed by atoms with Crippen LogP contribution in [0.25, 0.3) is 0 Å². The number of nitrogens with zero attached hydrogens (tertiary/aromatic N) is 3. The number of pyridine rings is 1. The first kappa shape index (κ1) is 18.9. The van der Waals surface area contributed by atoms with Gasteiger partial charge in [0.15, 0.2) is 5.13 Å². The first-order valence-electron chi connectivity index (χ1n) is 9.79. The van der Waals surface area contributed by atoms with Gasteiger partial charge in [-0.15, -0.1) is 11.3 Å². The Morgan fingerprint density at radius 3 is 2.68 bits per heavy atom. The summed E-state index contributed by atoms with van der Waals surface area (Å²) in [7, 11) is 1.71. The maximum Gasteiger partial charge on any atom is 0.188 e. The standard InChI is InChI=1S/C22H26N4OS/c1-27-19-7-5-17(6-8-19)9-13-26-14-10-18(11-15-26)20-3-2-4-21(24-20)25-22-23-12-16-28-22/h2-8,12,16,18H,9-11,13-15H2,1H3,(H,23,24,25). The van der Waals surface area contributed by atoms with Crippen molar-refractivity contribution in [3.8, 4) is 5.75 Å². The first-order valence-corrected chi connectivity index (χ1v) is 10.7. The van der Waals surface area contributed by atoms with E-state index >= 15 is 0 Å². The van der Waals surface area contributed by atoms with Crippen LogP contribution >= 0.6 is 11.3 Å². The second-order valence-corrected chi connectivity index (χ2v) is 8.02. The Labute approximate surface area is 170 Å². The average Bonchev–Trinajstić information content (AvgIpc) is 3.26. The zero-order valence-electron chi connectivity index (χ0n) is 16.2. The number of ether oxygens (including phenoxy) is 1. The van der Waals surface area contributed by atoms with E-state index in [2.05, 4.69) is 39.5 Å². The number of piperidine rings is 1. The molecule has 4 rings (SSSR count). The molecular weight excluding hydrogens is 368 g/mol. The lowest BCUT2D eigenvalue weighted by Gasteiger charge is -2.31. The molecule has 146 valence electrons. The summed E-state index contributed by atoms with van der Waals surface area (Å²) in [6, 6.07) is 14.7. The van der Waals surface area contributed by atoms with E-state index in [1.54, 1.807) is 24.6 Å². The fourth-order valence-corrected chi connectivity index (χ4v) is 4.21. The van der Waals surface area contributed by atoms with E-state index in [1.807, 2.05) is 23.6 Å². The quantitative estimate of drug-likeness (QED) is 0.629. The summed E-state index contributed by atoms with van der Waals surface area (Å²) in [5.41, 5.74) is 2.56. The van der Waals surface area contributed by atoms with Gasteiger partial charge in [-0.05, 0) is 62.2 Å². The molecule has 0 unspecified atom stereocenters. The van der Waals surface area contributed by atoms with E-state index in [1.165, 1.54) is 11.3 Å². The predicted octanol–water partition coefficient (Wildman–Crippen LogP) is 4.71. The molecule has 6 heteroatoms. The van der Waals surface area contributed by atoms with Gasteiger partial charge in [0.2, 0.25) is 0 Å². The molecule has 0 bridgehead atoms. The highest BCUT2D eigenvalue weighted by atomic mass is 32.1. The third-order valence-electron chi connectivity index (χ3n) is 5.32. The molecule has 5 nitrogen and oxygen atoms in total. The molecule has 0 aliphatic carbocycles. The Morgan fingerprint density at radius 2 is 1.96 bits per heavy atom. The minimum absolute atomic E-state index is 0.537. The van der Waals surface area contributed by atoms with Crippen LogP contribution in [0.2, 0.25) is 0 Å². The average molecular weight is 395 g/mol. The van der Waals surface area contributed by atoms with E-state index in [9.17, 15) is 0 Å². The minimum atomic E-state index is 0.537. The summed E-state index contributed by atoms with van der Waals surface area (Å²) < 4.78 is 5.23. The first-order chi connectivity index (χ1) is 13.8. The molecule has 3 aromatic rings. The maximum atomic E-state index is 5.23. The Morgan fingerprint density at radius 1 is 1.14 bits per heavy atom. The molecule has 0 saturated carbocycles. The highest BCUT2D eigenvalue weighted by Crippen LogP contribution is 2.28. The van der Waals surface area contributed by atoms with Crippen molar-refractivity contribution in [1.82, 2.24) is 14.9 Å². The maximum absolute atomic E-state index is 5.23. The highest BCUT2D eigenvalue weighted by Gasteiger charge is 2.21. The Kier molecular flexibility index (Phi) is 6.19. The molecule has 1 aliphatic heterocycles. The number of aromatic nitrogens is 2. The zero-order chi connectivity index (χ0) is 19.2. The van der Waals surface area contributed by atoms with Crippen LogP contribution in [-0.4, -0.2) is 41.6 Å². The highest BCUT2D eigenvalue weighted by molar-refractivity contribution is 7.13. The van der Waals surface area contributed by atoms with Crippen molar-refractivity contribution < 1.29 is 4.74 Å². The largest absolute Gasteiger partial charge is 0.497 e. The summed E-state index contributed by atoms with van der Waals surface area (Å²) >= 11 is 1.59. The number of rotatable bonds is 7. The van der Waals surface area contributed by atoms with E-state index in [0.717, 1.165) is 55.6 Å². The lowest BCUT2D eigenvalue weighted by molar-refractivity contribution is 0.213. The molecule has 0 radical (unpaired) electrons. The van der Waals surface area contributed by atoms with Gasteiger partial charge in [0.1, 0.15) is 11.6 Å². The number of hydrogen-bond acceptors (Lipinski definition) is 6. The third kappa shape index (κ3) is 4.88. The molecule has 0 atom stereocenters. The van der Waals surface area contributed by atoms with E-state index in [-0.39, 0.29) is 0 Å². The predicted molar refractivity (Wildman–Crippen MR) is 115 cm³/mol. The monoisotopic (exact) mass is 394 g/mol. The van der Waals surface area contributed by atoms with Crippen molar-refractivity contribution >= 4 is 22.3 Å². The molecular formula is C22H26N4OS. The van der Waals surface area contributed by atoms with Crippen LogP contribution in [0.1, 0.15) is 30.0 Å². The lowest BCUT2D eigenvalue weighted by atomic mass is 9.93. The summed E-state index contributed by atoms with van der Waals surface area (Å²) in [6.45, 7) is 3.37. The van der Waals surface area contributed by atoms with E-state index in [0.29, 0.717) is 5.92 Å². The van der Waals surface area contributed by atoms with Gasteiger partial charge >= 0.3 is 0 Å². The normalized spacial score (nSPS) is 15.5. The second-order valence-electron chi connectivity index (χ2n) is 7.12. The van der Waals surface area contributed by atoms with Crippen LogP contribution in [0, 0.1) is 0 Å². The van der Waals surface area contributed by atoms with Crippen LogP contribution in [-0.2, 0) is 6.42 Å². The molecule has 1 saturated heterocycles. The van der Waals surface area contributed by atoms with Crippen LogP contribution in [0.5, 0.6) is 5.75 Å². The molecule has 1 N–H and O–H groups in total. The van der Waals surface area contributed by atoms with Crippen LogP contribution in [0.3, 0.4) is 0 Å². The third-order valence-corrected chi connectivity index (χ3v) is 6.01. The smallest absolute Gasteiger partial charge is 0.188 e. The number of nitrogens with one attached hydrogen (secondary N) is 1. The topological polar surface area (TPSA) is 50.3 Å². The van der Waals surface area contributed by atoms with Gasteiger partial charge in [-0.2, -0.15) is 0 Å². The molecule has 1 fully saturated rings. The number of thiazole rings is 1. The Bertz CT molecular complexity index is 859. The van der Waals surface area contributed by atoms with Crippen molar-refractivity contribution in [2.24, 2.45) is 0 Å². The van der Waals surface area contributed by atoms with Gasteiger partial charge in [-0.3, -0.25) is 0 Å². The van der Waals surface area contributed by atoms with Crippen molar-refractivity contribution in [3.63, 3.8) is 0 Å². The number of methoxy groups -OCH3 is 1. The van der Waals surface area contributed by atoms with Gasteiger partial charge in [0.05, 0.1) is 7.11 Å². The summed E-state index contributed by atoms with van der Waals surface area (Å²) in [6.07, 6.45) is 5.21. The van der Waals surface area contributed by atoms with Gasteiger partial charge in [0.25, 0.3) is 0 Å². The number of benzene rings is 1. The van der Waals surface area contributed by atoms with Crippen molar-refractivity contribution in [2.45, 2.75) is 25.2 Å². The molecule has 0 spiro atoms. The van der Waals surface area contributed by atoms with Crippen molar-refractivity contribution in [1.29, 1.82) is 0 Å². The van der Waals surface area contributed by atoms with Crippen LogP contribution < -0.4 is 10.1 Å². The Hall–Kier alpha value is -2.44.